The fourth-order valence-electron chi connectivity index (χ4n) is 1.45. The molecule has 2 aromatic rings. The molecular weight excluding hydrogens is 246 g/mol. The number of carbonyl (C=O) groups is 1. The lowest BCUT2D eigenvalue weighted by atomic mass is 10.3. The molecule has 0 spiro atoms. The topological polar surface area (TPSA) is 90.4 Å². The van der Waals surface area contributed by atoms with Crippen LogP contribution in [0.2, 0.25) is 0 Å². The number of rotatable bonds is 4. The van der Waals surface area contributed by atoms with Gasteiger partial charge in [0.2, 0.25) is 5.88 Å². The number of nitrogens with zero attached hydrogens (tertiary/aromatic N) is 1. The zero-order valence-electron chi connectivity index (χ0n) is 10.8. The molecule has 0 fully saturated rings. The maximum atomic E-state index is 11.7. The van der Waals surface area contributed by atoms with E-state index in [-0.39, 0.29) is 12.5 Å². The Hall–Kier alpha value is -2.50. The minimum absolute atomic E-state index is 0.122. The third-order valence-electron chi connectivity index (χ3n) is 2.64. The summed E-state index contributed by atoms with van der Waals surface area (Å²) in [5.41, 5.74) is 7.74. The Morgan fingerprint density at radius 1 is 1.47 bits per heavy atom. The average Bonchev–Trinajstić information content (AvgIpc) is 2.69. The lowest BCUT2D eigenvalue weighted by Crippen LogP contribution is -2.20. The van der Waals surface area contributed by atoms with Crippen LogP contribution >= 0.6 is 0 Å². The monoisotopic (exact) mass is 261 g/mol. The van der Waals surface area contributed by atoms with E-state index in [4.69, 9.17) is 15.0 Å². The van der Waals surface area contributed by atoms with Crippen LogP contribution in [0.1, 0.15) is 11.3 Å². The molecular formula is C13H15N3O3. The van der Waals surface area contributed by atoms with Crippen LogP contribution in [0.25, 0.3) is 0 Å². The summed E-state index contributed by atoms with van der Waals surface area (Å²) in [6.07, 6.45) is 0. The summed E-state index contributed by atoms with van der Waals surface area (Å²) in [6.45, 7) is 3.50. The molecule has 0 atom stereocenters. The van der Waals surface area contributed by atoms with Gasteiger partial charge in [-0.2, -0.15) is 0 Å². The quantitative estimate of drug-likeness (QED) is 0.820. The fourth-order valence-corrected chi connectivity index (χ4v) is 1.45. The van der Waals surface area contributed by atoms with Crippen LogP contribution in [0.15, 0.2) is 28.8 Å². The van der Waals surface area contributed by atoms with Crippen molar-refractivity contribution in [3.63, 3.8) is 0 Å². The summed E-state index contributed by atoms with van der Waals surface area (Å²) in [5.74, 6) is 0.570. The van der Waals surface area contributed by atoms with Gasteiger partial charge in [0.15, 0.2) is 6.61 Å². The van der Waals surface area contributed by atoms with Crippen LogP contribution in [-0.2, 0) is 4.79 Å². The predicted molar refractivity (Wildman–Crippen MR) is 71.0 cm³/mol. The molecule has 0 aliphatic heterocycles. The van der Waals surface area contributed by atoms with Gasteiger partial charge in [0.1, 0.15) is 5.75 Å². The molecule has 1 amide bonds. The number of benzene rings is 1. The molecule has 6 nitrogen and oxygen atoms in total. The Bertz CT molecular complexity index is 593. The lowest BCUT2D eigenvalue weighted by molar-refractivity contribution is -0.118. The predicted octanol–water partition coefficient (Wildman–Crippen LogP) is 1.89. The zero-order chi connectivity index (χ0) is 13.8. The summed E-state index contributed by atoms with van der Waals surface area (Å²) in [6, 6.07) is 6.88. The summed E-state index contributed by atoms with van der Waals surface area (Å²) in [4.78, 5) is 11.7. The highest BCUT2D eigenvalue weighted by Crippen LogP contribution is 2.17. The Balaban J connectivity index is 1.90. The molecule has 2 rings (SSSR count). The van der Waals surface area contributed by atoms with Crippen molar-refractivity contribution in [1.82, 2.24) is 5.16 Å². The summed E-state index contributed by atoms with van der Waals surface area (Å²) in [5, 5.41) is 6.34. The second-order valence-electron chi connectivity index (χ2n) is 4.13. The number of carbonyl (C=O) groups excluding carboxylic acids is 1. The highest BCUT2D eigenvalue weighted by molar-refractivity contribution is 5.91. The Labute approximate surface area is 110 Å². The number of hydrogen-bond donors (Lipinski definition) is 2. The molecule has 1 heterocycles. The van der Waals surface area contributed by atoms with Gasteiger partial charge in [0.25, 0.3) is 5.91 Å². The number of aryl methyl sites for hydroxylation is 1. The molecule has 100 valence electrons. The SMILES string of the molecule is Cc1noc(NC(=O)COc2cccc(N)c2)c1C. The van der Waals surface area contributed by atoms with Gasteiger partial charge in [-0.15, -0.1) is 0 Å². The molecule has 1 aromatic carbocycles. The van der Waals surface area contributed by atoms with E-state index in [0.29, 0.717) is 17.3 Å². The second-order valence-corrected chi connectivity index (χ2v) is 4.13. The third kappa shape index (κ3) is 3.25. The molecule has 3 N–H and O–H groups in total. The Morgan fingerprint density at radius 2 is 2.26 bits per heavy atom. The molecule has 0 unspecified atom stereocenters. The minimum atomic E-state index is -0.318. The molecule has 19 heavy (non-hydrogen) atoms. The third-order valence-corrected chi connectivity index (χ3v) is 2.64. The summed E-state index contributed by atoms with van der Waals surface area (Å²) < 4.78 is 10.3. The smallest absolute Gasteiger partial charge is 0.264 e. The van der Waals surface area contributed by atoms with Crippen molar-refractivity contribution < 1.29 is 14.1 Å². The average molecular weight is 261 g/mol. The van der Waals surface area contributed by atoms with Crippen LogP contribution in [-0.4, -0.2) is 17.7 Å². The first kappa shape index (κ1) is 12.9. The van der Waals surface area contributed by atoms with Gasteiger partial charge in [0, 0.05) is 17.3 Å². The van der Waals surface area contributed by atoms with Crippen LogP contribution in [0, 0.1) is 13.8 Å². The molecule has 0 aliphatic carbocycles. The van der Waals surface area contributed by atoms with Gasteiger partial charge in [-0.3, -0.25) is 10.1 Å². The van der Waals surface area contributed by atoms with E-state index in [0.717, 1.165) is 11.3 Å². The van der Waals surface area contributed by atoms with E-state index in [1.807, 2.05) is 6.92 Å². The van der Waals surface area contributed by atoms with Gasteiger partial charge >= 0.3 is 0 Å². The molecule has 0 radical (unpaired) electrons. The molecule has 1 aromatic heterocycles. The van der Waals surface area contributed by atoms with E-state index in [1.54, 1.807) is 31.2 Å². The van der Waals surface area contributed by atoms with Crippen molar-refractivity contribution in [2.75, 3.05) is 17.7 Å². The van der Waals surface area contributed by atoms with E-state index < -0.39 is 0 Å². The number of amides is 1. The van der Waals surface area contributed by atoms with E-state index in [2.05, 4.69) is 10.5 Å². The number of ether oxygens (including phenoxy) is 1. The maximum absolute atomic E-state index is 11.7. The number of anilines is 2. The second kappa shape index (κ2) is 5.43. The normalized spacial score (nSPS) is 10.2. The summed E-state index contributed by atoms with van der Waals surface area (Å²) >= 11 is 0. The van der Waals surface area contributed by atoms with Crippen LogP contribution in [0.4, 0.5) is 11.6 Å². The van der Waals surface area contributed by atoms with Crippen molar-refractivity contribution in [2.45, 2.75) is 13.8 Å². The number of hydrogen-bond acceptors (Lipinski definition) is 5. The largest absolute Gasteiger partial charge is 0.484 e. The first-order valence-electron chi connectivity index (χ1n) is 5.77. The van der Waals surface area contributed by atoms with E-state index in [1.165, 1.54) is 0 Å². The van der Waals surface area contributed by atoms with Crippen LogP contribution in [0.3, 0.4) is 0 Å². The Kier molecular flexibility index (Phi) is 3.70. The number of nitrogen functional groups attached to an aromatic ring is 1. The van der Waals surface area contributed by atoms with E-state index in [9.17, 15) is 4.79 Å². The van der Waals surface area contributed by atoms with Crippen molar-refractivity contribution in [3.8, 4) is 5.75 Å². The molecule has 0 saturated heterocycles. The summed E-state index contributed by atoms with van der Waals surface area (Å²) in [7, 11) is 0. The van der Waals surface area contributed by atoms with Crippen LogP contribution in [0.5, 0.6) is 5.75 Å². The highest BCUT2D eigenvalue weighted by atomic mass is 16.5. The number of nitrogens with two attached hydrogens (primary N) is 1. The minimum Gasteiger partial charge on any atom is -0.484 e. The van der Waals surface area contributed by atoms with Gasteiger partial charge in [0.05, 0.1) is 5.69 Å². The van der Waals surface area contributed by atoms with Crippen molar-refractivity contribution >= 4 is 17.5 Å². The molecule has 0 bridgehead atoms. The van der Waals surface area contributed by atoms with Gasteiger partial charge < -0.3 is 15.0 Å². The van der Waals surface area contributed by atoms with Crippen molar-refractivity contribution in [2.24, 2.45) is 0 Å². The van der Waals surface area contributed by atoms with Crippen molar-refractivity contribution in [1.29, 1.82) is 0 Å². The number of nitrogens with one attached hydrogen (secondary N) is 1. The highest BCUT2D eigenvalue weighted by Gasteiger charge is 2.12. The molecule has 0 saturated carbocycles. The van der Waals surface area contributed by atoms with Crippen molar-refractivity contribution in [3.05, 3.63) is 35.5 Å². The first-order valence-corrected chi connectivity index (χ1v) is 5.77. The lowest BCUT2D eigenvalue weighted by Gasteiger charge is -2.06. The standard InChI is InChI=1S/C13H15N3O3/c1-8-9(2)16-19-13(8)15-12(17)7-18-11-5-3-4-10(14)6-11/h3-6H,7,14H2,1-2H3,(H,15,17). The fraction of sp³-hybridized carbons (Fsp3) is 0.231. The van der Waals surface area contributed by atoms with Crippen LogP contribution < -0.4 is 15.8 Å². The number of aromatic nitrogens is 1. The maximum Gasteiger partial charge on any atom is 0.264 e. The Morgan fingerprint density at radius 3 is 2.89 bits per heavy atom. The first-order chi connectivity index (χ1) is 9.06. The van der Waals surface area contributed by atoms with Gasteiger partial charge in [-0.1, -0.05) is 11.2 Å². The van der Waals surface area contributed by atoms with Gasteiger partial charge in [-0.05, 0) is 26.0 Å². The molecule has 6 heteroatoms. The van der Waals surface area contributed by atoms with E-state index >= 15 is 0 Å². The zero-order valence-corrected chi connectivity index (χ0v) is 10.8. The van der Waals surface area contributed by atoms with Gasteiger partial charge in [-0.25, -0.2) is 0 Å². The molecule has 0 aliphatic rings.